The molecule has 1 saturated heterocycles. The molecular formula is C13H16N2O2. The van der Waals surface area contributed by atoms with Gasteiger partial charge in [0.05, 0.1) is 18.8 Å². The molecule has 0 bridgehead atoms. The number of ether oxygens (including phenoxy) is 2. The molecule has 1 fully saturated rings. The van der Waals surface area contributed by atoms with E-state index >= 15 is 0 Å². The molecule has 4 heteroatoms. The topological polar surface area (TPSA) is 47.2 Å². The first kappa shape index (κ1) is 10.8. The Labute approximate surface area is 101 Å². The van der Waals surface area contributed by atoms with Gasteiger partial charge in [0.2, 0.25) is 0 Å². The number of fused-ring (bicyclic) bond motifs is 1. The highest BCUT2D eigenvalue weighted by Gasteiger charge is 2.21. The van der Waals surface area contributed by atoms with E-state index in [1.54, 1.807) is 0 Å². The second-order valence-electron chi connectivity index (χ2n) is 4.57. The van der Waals surface area contributed by atoms with Crippen molar-refractivity contribution in [2.24, 2.45) is 0 Å². The summed E-state index contributed by atoms with van der Waals surface area (Å²) in [6.45, 7) is 2.47. The fraction of sp³-hybridized carbons (Fsp3) is 0.615. The molecule has 0 radical (unpaired) electrons. The number of nitriles is 1. The van der Waals surface area contributed by atoms with Crippen molar-refractivity contribution in [3.63, 3.8) is 0 Å². The molecule has 0 spiro atoms. The summed E-state index contributed by atoms with van der Waals surface area (Å²) in [4.78, 5) is 0. The molecule has 4 nitrogen and oxygen atoms in total. The molecule has 0 aromatic carbocycles. The molecule has 1 aromatic heterocycles. The smallest absolute Gasteiger partial charge is 0.158 e. The molecule has 1 aromatic rings. The van der Waals surface area contributed by atoms with Gasteiger partial charge in [0, 0.05) is 24.4 Å². The van der Waals surface area contributed by atoms with Gasteiger partial charge in [0.1, 0.15) is 6.07 Å². The Morgan fingerprint density at radius 2 is 2.24 bits per heavy atom. The minimum absolute atomic E-state index is 0.0481. The van der Waals surface area contributed by atoms with Crippen molar-refractivity contribution in [1.29, 1.82) is 5.26 Å². The average molecular weight is 232 g/mol. The molecule has 0 amide bonds. The number of hydrogen-bond donors (Lipinski definition) is 0. The quantitative estimate of drug-likeness (QED) is 0.795. The molecule has 17 heavy (non-hydrogen) atoms. The molecule has 2 aliphatic rings. The van der Waals surface area contributed by atoms with Crippen LogP contribution in [0.5, 0.6) is 0 Å². The second-order valence-corrected chi connectivity index (χ2v) is 4.57. The maximum absolute atomic E-state index is 9.08. The monoisotopic (exact) mass is 232 g/mol. The maximum atomic E-state index is 9.08. The predicted molar refractivity (Wildman–Crippen MR) is 61.5 cm³/mol. The van der Waals surface area contributed by atoms with Crippen molar-refractivity contribution in [1.82, 2.24) is 4.57 Å². The third-order valence-corrected chi connectivity index (χ3v) is 3.54. The van der Waals surface area contributed by atoms with Gasteiger partial charge < -0.3 is 14.0 Å². The Balaban J connectivity index is 1.72. The van der Waals surface area contributed by atoms with Crippen molar-refractivity contribution in [3.05, 3.63) is 23.0 Å². The Morgan fingerprint density at radius 1 is 1.41 bits per heavy atom. The molecule has 2 aliphatic heterocycles. The van der Waals surface area contributed by atoms with E-state index in [0.29, 0.717) is 13.2 Å². The van der Waals surface area contributed by atoms with Crippen LogP contribution in [0.25, 0.3) is 0 Å². The predicted octanol–water partition coefficient (Wildman–Crippen LogP) is 1.61. The first-order valence-electron chi connectivity index (χ1n) is 6.23. The largest absolute Gasteiger partial charge is 0.350 e. The SMILES string of the molecule is N#Cc1cc(CCC2OCCO2)n2c1CCC2. The number of nitrogens with zero attached hydrogens (tertiary/aromatic N) is 2. The van der Waals surface area contributed by atoms with E-state index < -0.39 is 0 Å². The van der Waals surface area contributed by atoms with Gasteiger partial charge in [-0.2, -0.15) is 5.26 Å². The van der Waals surface area contributed by atoms with Crippen molar-refractivity contribution in [2.45, 2.75) is 38.5 Å². The molecule has 3 heterocycles. The van der Waals surface area contributed by atoms with Crippen molar-refractivity contribution in [3.8, 4) is 6.07 Å². The van der Waals surface area contributed by atoms with Crippen molar-refractivity contribution in [2.75, 3.05) is 13.2 Å². The van der Waals surface area contributed by atoms with E-state index in [0.717, 1.165) is 37.8 Å². The van der Waals surface area contributed by atoms with Crippen molar-refractivity contribution < 1.29 is 9.47 Å². The van der Waals surface area contributed by atoms with Crippen LogP contribution in [0, 0.1) is 11.3 Å². The normalized spacial score (nSPS) is 19.5. The molecular weight excluding hydrogens is 216 g/mol. The highest BCUT2D eigenvalue weighted by atomic mass is 16.7. The Morgan fingerprint density at radius 3 is 3.00 bits per heavy atom. The lowest BCUT2D eigenvalue weighted by Gasteiger charge is -2.10. The van der Waals surface area contributed by atoms with E-state index in [-0.39, 0.29) is 6.29 Å². The maximum Gasteiger partial charge on any atom is 0.158 e. The molecule has 3 rings (SSSR count). The fourth-order valence-electron chi connectivity index (χ4n) is 2.74. The van der Waals surface area contributed by atoms with Gasteiger partial charge >= 0.3 is 0 Å². The summed E-state index contributed by atoms with van der Waals surface area (Å²) in [5, 5.41) is 9.08. The second kappa shape index (κ2) is 4.52. The number of rotatable bonds is 3. The molecule has 0 aliphatic carbocycles. The lowest BCUT2D eigenvalue weighted by Crippen LogP contribution is -2.10. The molecule has 0 saturated carbocycles. The average Bonchev–Trinajstić information content (AvgIpc) is 3.04. The van der Waals surface area contributed by atoms with Crippen LogP contribution in [0.15, 0.2) is 6.07 Å². The van der Waals surface area contributed by atoms with E-state index in [1.165, 1.54) is 11.4 Å². The molecule has 0 N–H and O–H groups in total. The van der Waals surface area contributed by atoms with Crippen LogP contribution >= 0.6 is 0 Å². The van der Waals surface area contributed by atoms with E-state index in [2.05, 4.69) is 10.6 Å². The van der Waals surface area contributed by atoms with Gasteiger partial charge in [-0.15, -0.1) is 0 Å². The molecule has 0 unspecified atom stereocenters. The van der Waals surface area contributed by atoms with Crippen LogP contribution in [0.4, 0.5) is 0 Å². The summed E-state index contributed by atoms with van der Waals surface area (Å²) in [5.74, 6) is 0. The Kier molecular flexibility index (Phi) is 2.87. The van der Waals surface area contributed by atoms with Crippen LogP contribution in [0.1, 0.15) is 29.8 Å². The zero-order valence-corrected chi connectivity index (χ0v) is 9.82. The van der Waals surface area contributed by atoms with Crippen molar-refractivity contribution >= 4 is 0 Å². The summed E-state index contributed by atoms with van der Waals surface area (Å²) in [6, 6.07) is 4.32. The summed E-state index contributed by atoms with van der Waals surface area (Å²) >= 11 is 0. The van der Waals surface area contributed by atoms with Gasteiger partial charge in [0.25, 0.3) is 0 Å². The van der Waals surface area contributed by atoms with E-state index in [9.17, 15) is 0 Å². The summed E-state index contributed by atoms with van der Waals surface area (Å²) in [7, 11) is 0. The molecule has 90 valence electrons. The number of aryl methyl sites for hydroxylation is 1. The van der Waals surface area contributed by atoms with Crippen LogP contribution in [-0.2, 0) is 28.9 Å². The standard InChI is InChI=1S/C13H16N2O2/c14-9-10-8-11(15-5-1-2-12(10)15)3-4-13-16-6-7-17-13/h8,13H,1-7H2. The van der Waals surface area contributed by atoms with Gasteiger partial charge in [-0.05, 0) is 25.3 Å². The Bertz CT molecular complexity index is 453. The van der Waals surface area contributed by atoms with E-state index in [1.807, 2.05) is 6.07 Å². The zero-order valence-electron chi connectivity index (χ0n) is 9.82. The van der Waals surface area contributed by atoms with Crippen LogP contribution in [0.2, 0.25) is 0 Å². The van der Waals surface area contributed by atoms with Crippen LogP contribution in [-0.4, -0.2) is 24.1 Å². The van der Waals surface area contributed by atoms with Crippen LogP contribution in [0.3, 0.4) is 0 Å². The number of hydrogen-bond acceptors (Lipinski definition) is 3. The summed E-state index contributed by atoms with van der Waals surface area (Å²) in [6.07, 6.45) is 3.97. The van der Waals surface area contributed by atoms with Crippen LogP contribution < -0.4 is 0 Å². The van der Waals surface area contributed by atoms with Gasteiger partial charge in [0.15, 0.2) is 6.29 Å². The van der Waals surface area contributed by atoms with Gasteiger partial charge in [-0.1, -0.05) is 0 Å². The first-order valence-corrected chi connectivity index (χ1v) is 6.23. The lowest BCUT2D eigenvalue weighted by atomic mass is 10.1. The van der Waals surface area contributed by atoms with Gasteiger partial charge in [-0.25, -0.2) is 0 Å². The Hall–Kier alpha value is -1.31. The minimum atomic E-state index is -0.0481. The first-order chi connectivity index (χ1) is 8.38. The fourth-order valence-corrected chi connectivity index (χ4v) is 2.74. The number of aromatic nitrogens is 1. The van der Waals surface area contributed by atoms with Gasteiger partial charge in [-0.3, -0.25) is 0 Å². The third kappa shape index (κ3) is 1.97. The third-order valence-electron chi connectivity index (χ3n) is 3.54. The molecule has 0 atom stereocenters. The highest BCUT2D eigenvalue weighted by Crippen LogP contribution is 2.25. The van der Waals surface area contributed by atoms with E-state index in [4.69, 9.17) is 14.7 Å². The minimum Gasteiger partial charge on any atom is -0.350 e. The lowest BCUT2D eigenvalue weighted by molar-refractivity contribution is -0.0464. The summed E-state index contributed by atoms with van der Waals surface area (Å²) in [5.41, 5.74) is 3.33. The zero-order chi connectivity index (χ0) is 11.7. The highest BCUT2D eigenvalue weighted by molar-refractivity contribution is 5.39. The summed E-state index contributed by atoms with van der Waals surface area (Å²) < 4.78 is 13.2.